The van der Waals surface area contributed by atoms with Crippen molar-refractivity contribution in [3.05, 3.63) is 12.2 Å². The maximum Gasteiger partial charge on any atom is 0.305 e. The van der Waals surface area contributed by atoms with Gasteiger partial charge in [0.25, 0.3) is 0 Å². The van der Waals surface area contributed by atoms with Crippen LogP contribution in [0.15, 0.2) is 12.2 Å². The van der Waals surface area contributed by atoms with Gasteiger partial charge in [0, 0.05) is 6.42 Å². The summed E-state index contributed by atoms with van der Waals surface area (Å²) in [5, 5.41) is 9.84. The number of unbranched alkanes of at least 4 members (excludes halogenated alkanes) is 9. The number of carbonyl (C=O) groups is 1. The lowest BCUT2D eigenvalue weighted by Crippen LogP contribution is -2.01. The van der Waals surface area contributed by atoms with Crippen LogP contribution >= 0.6 is 0 Å². The van der Waals surface area contributed by atoms with Gasteiger partial charge in [0.05, 0.1) is 13.2 Å². The second-order valence-electron chi connectivity index (χ2n) is 6.08. The molecule has 0 heterocycles. The van der Waals surface area contributed by atoms with Gasteiger partial charge in [-0.25, -0.2) is 0 Å². The maximum atomic E-state index is 10.9. The smallest absolute Gasteiger partial charge is 0.305 e. The summed E-state index contributed by atoms with van der Waals surface area (Å²) in [6.07, 6.45) is 18.1. The first-order chi connectivity index (χ1) is 10.7. The molecule has 0 aliphatic heterocycles. The average Bonchev–Trinajstić information content (AvgIpc) is 2.52. The number of rotatable bonds is 15. The fourth-order valence-corrected chi connectivity index (χ4v) is 2.47. The number of hydrogen-bond acceptors (Lipinski definition) is 3. The molecule has 0 rings (SSSR count). The summed E-state index contributed by atoms with van der Waals surface area (Å²) in [5.74, 6) is -0.140. The van der Waals surface area contributed by atoms with Crippen LogP contribution < -0.4 is 0 Å². The Bertz CT molecular complexity index is 274. The van der Waals surface area contributed by atoms with Gasteiger partial charge in [0.15, 0.2) is 0 Å². The van der Waals surface area contributed by atoms with Gasteiger partial charge in [0.2, 0.25) is 0 Å². The van der Waals surface area contributed by atoms with Gasteiger partial charge in [-0.05, 0) is 25.7 Å². The molecule has 1 atom stereocenters. The molecule has 3 nitrogen and oxygen atoms in total. The number of methoxy groups -OCH3 is 1. The van der Waals surface area contributed by atoms with Crippen molar-refractivity contribution in [1.29, 1.82) is 0 Å². The zero-order valence-corrected chi connectivity index (χ0v) is 14.7. The Morgan fingerprint density at radius 2 is 1.64 bits per heavy atom. The molecule has 0 amide bonds. The highest BCUT2D eigenvalue weighted by atomic mass is 16.5. The molecule has 0 aliphatic rings. The van der Waals surface area contributed by atoms with E-state index in [1.807, 2.05) is 12.2 Å². The Morgan fingerprint density at radius 3 is 2.27 bits per heavy atom. The monoisotopic (exact) mass is 312 g/mol. The molecule has 0 fully saturated rings. The zero-order valence-electron chi connectivity index (χ0n) is 14.7. The zero-order chi connectivity index (χ0) is 16.5. The molecule has 0 aromatic carbocycles. The Kier molecular flexibility index (Phi) is 15.9. The van der Waals surface area contributed by atoms with Crippen molar-refractivity contribution in [3.63, 3.8) is 0 Å². The van der Waals surface area contributed by atoms with Crippen molar-refractivity contribution >= 4 is 5.97 Å². The van der Waals surface area contributed by atoms with Crippen molar-refractivity contribution < 1.29 is 14.6 Å². The fourth-order valence-electron chi connectivity index (χ4n) is 2.47. The number of ether oxygens (including phenoxy) is 1. The first kappa shape index (κ1) is 21.2. The molecular weight excluding hydrogens is 276 g/mol. The highest BCUT2D eigenvalue weighted by molar-refractivity contribution is 5.68. The van der Waals surface area contributed by atoms with Gasteiger partial charge < -0.3 is 9.84 Å². The highest BCUT2D eigenvalue weighted by Crippen LogP contribution is 2.11. The topological polar surface area (TPSA) is 46.5 Å². The Balaban J connectivity index is 3.32. The lowest BCUT2D eigenvalue weighted by Gasteiger charge is -2.05. The SMILES string of the molecule is CCCCCCCCCCC(O)/C=C/CCCCC(=O)OC. The third kappa shape index (κ3) is 15.6. The molecule has 0 saturated heterocycles. The van der Waals surface area contributed by atoms with Crippen molar-refractivity contribution in [3.8, 4) is 0 Å². The van der Waals surface area contributed by atoms with Crippen LogP contribution in [0.1, 0.15) is 90.4 Å². The quantitative estimate of drug-likeness (QED) is 0.258. The molecular formula is C19H36O3. The standard InChI is InChI=1S/C19H36O3/c1-3-4-5-6-7-8-9-12-15-18(20)16-13-10-11-14-17-19(21)22-2/h13,16,18,20H,3-12,14-15,17H2,1-2H3/b16-13+. The Morgan fingerprint density at radius 1 is 1.00 bits per heavy atom. The summed E-state index contributed by atoms with van der Waals surface area (Å²) in [5.41, 5.74) is 0. The molecule has 0 aromatic rings. The molecule has 1 unspecified atom stereocenters. The molecule has 0 saturated carbocycles. The van der Waals surface area contributed by atoms with E-state index in [4.69, 9.17) is 0 Å². The summed E-state index contributed by atoms with van der Waals surface area (Å²) < 4.78 is 4.59. The van der Waals surface area contributed by atoms with E-state index in [1.165, 1.54) is 52.1 Å². The fraction of sp³-hybridized carbons (Fsp3) is 0.842. The third-order valence-electron chi connectivity index (χ3n) is 3.94. The summed E-state index contributed by atoms with van der Waals surface area (Å²) in [7, 11) is 1.42. The predicted octanol–water partition coefficient (Wildman–Crippen LogP) is 5.17. The van der Waals surface area contributed by atoms with Crippen molar-refractivity contribution in [1.82, 2.24) is 0 Å². The largest absolute Gasteiger partial charge is 0.469 e. The minimum Gasteiger partial charge on any atom is -0.469 e. The molecule has 3 heteroatoms. The Hall–Kier alpha value is -0.830. The number of aliphatic hydroxyl groups is 1. The number of allylic oxidation sites excluding steroid dienone is 1. The van der Waals surface area contributed by atoms with Crippen LogP contribution in [0.2, 0.25) is 0 Å². The summed E-state index contributed by atoms with van der Waals surface area (Å²) in [6.45, 7) is 2.24. The number of hydrogen-bond donors (Lipinski definition) is 1. The molecule has 0 radical (unpaired) electrons. The van der Waals surface area contributed by atoms with Crippen LogP contribution in [0, 0.1) is 0 Å². The summed E-state index contributed by atoms with van der Waals surface area (Å²) >= 11 is 0. The predicted molar refractivity (Wildman–Crippen MR) is 92.9 cm³/mol. The first-order valence-electron chi connectivity index (χ1n) is 9.12. The molecule has 22 heavy (non-hydrogen) atoms. The molecule has 130 valence electrons. The lowest BCUT2D eigenvalue weighted by atomic mass is 10.1. The maximum absolute atomic E-state index is 10.9. The molecule has 0 spiro atoms. The van der Waals surface area contributed by atoms with Crippen LogP contribution in [-0.4, -0.2) is 24.3 Å². The van der Waals surface area contributed by atoms with E-state index >= 15 is 0 Å². The number of carbonyl (C=O) groups excluding carboxylic acids is 1. The minimum absolute atomic E-state index is 0.140. The van der Waals surface area contributed by atoms with Gasteiger partial charge in [-0.1, -0.05) is 70.4 Å². The molecule has 0 bridgehead atoms. The van der Waals surface area contributed by atoms with Crippen molar-refractivity contribution in [2.24, 2.45) is 0 Å². The minimum atomic E-state index is -0.305. The van der Waals surface area contributed by atoms with E-state index in [9.17, 15) is 9.90 Å². The summed E-state index contributed by atoms with van der Waals surface area (Å²) in [4.78, 5) is 10.9. The van der Waals surface area contributed by atoms with Crippen molar-refractivity contribution in [2.45, 2.75) is 96.5 Å². The van der Waals surface area contributed by atoms with E-state index in [0.29, 0.717) is 6.42 Å². The third-order valence-corrected chi connectivity index (χ3v) is 3.94. The van der Waals surface area contributed by atoms with Gasteiger partial charge in [-0.15, -0.1) is 0 Å². The van der Waals surface area contributed by atoms with E-state index in [2.05, 4.69) is 11.7 Å². The lowest BCUT2D eigenvalue weighted by molar-refractivity contribution is -0.140. The van der Waals surface area contributed by atoms with Crippen molar-refractivity contribution in [2.75, 3.05) is 7.11 Å². The van der Waals surface area contributed by atoms with E-state index in [0.717, 1.165) is 32.1 Å². The Labute approximate surface area is 137 Å². The van der Waals surface area contributed by atoms with Crippen LogP contribution in [-0.2, 0) is 9.53 Å². The number of aliphatic hydroxyl groups excluding tert-OH is 1. The first-order valence-corrected chi connectivity index (χ1v) is 9.12. The van der Waals surface area contributed by atoms with Crippen LogP contribution in [0.3, 0.4) is 0 Å². The van der Waals surface area contributed by atoms with Gasteiger partial charge in [-0.3, -0.25) is 4.79 Å². The van der Waals surface area contributed by atoms with Crippen LogP contribution in [0.25, 0.3) is 0 Å². The van der Waals surface area contributed by atoms with Gasteiger partial charge >= 0.3 is 5.97 Å². The summed E-state index contributed by atoms with van der Waals surface area (Å²) in [6, 6.07) is 0. The average molecular weight is 312 g/mol. The van der Waals surface area contributed by atoms with Crippen LogP contribution in [0.5, 0.6) is 0 Å². The number of esters is 1. The van der Waals surface area contributed by atoms with E-state index in [-0.39, 0.29) is 12.1 Å². The molecule has 0 aromatic heterocycles. The highest BCUT2D eigenvalue weighted by Gasteiger charge is 2.00. The van der Waals surface area contributed by atoms with Crippen LogP contribution in [0.4, 0.5) is 0 Å². The second kappa shape index (κ2) is 16.5. The van der Waals surface area contributed by atoms with E-state index < -0.39 is 0 Å². The van der Waals surface area contributed by atoms with Gasteiger partial charge in [0.1, 0.15) is 0 Å². The molecule has 1 N–H and O–H groups in total. The normalized spacial score (nSPS) is 12.7. The van der Waals surface area contributed by atoms with E-state index in [1.54, 1.807) is 0 Å². The second-order valence-corrected chi connectivity index (χ2v) is 6.08. The van der Waals surface area contributed by atoms with Gasteiger partial charge in [-0.2, -0.15) is 0 Å². The molecule has 0 aliphatic carbocycles.